The molecule has 5 rings (SSSR count). The summed E-state index contributed by atoms with van der Waals surface area (Å²) in [5.74, 6) is 1.66. The van der Waals surface area contributed by atoms with E-state index in [4.69, 9.17) is 25.8 Å². The lowest BCUT2D eigenvalue weighted by Crippen LogP contribution is -2.31. The molecule has 10 nitrogen and oxygen atoms in total. The summed E-state index contributed by atoms with van der Waals surface area (Å²) in [5.41, 5.74) is 3.24. The average molecular weight is 626 g/mol. The zero-order chi connectivity index (χ0) is 28.2. The topological polar surface area (TPSA) is 112 Å². The number of anilines is 2. The molecule has 3 aromatic carbocycles. The highest BCUT2D eigenvalue weighted by Crippen LogP contribution is 2.43. The number of hydrogen-bond donors (Lipinski definition) is 2. The molecule has 0 saturated heterocycles. The van der Waals surface area contributed by atoms with Gasteiger partial charge in [-0.3, -0.25) is 4.79 Å². The normalized spacial score (nSPS) is 14.3. The monoisotopic (exact) mass is 624 g/mol. The van der Waals surface area contributed by atoms with Gasteiger partial charge in [-0.05, 0) is 87.7 Å². The van der Waals surface area contributed by atoms with Crippen molar-refractivity contribution in [1.82, 2.24) is 20.2 Å². The van der Waals surface area contributed by atoms with Gasteiger partial charge in [-0.1, -0.05) is 41.0 Å². The van der Waals surface area contributed by atoms with E-state index >= 15 is 0 Å². The highest BCUT2D eigenvalue weighted by atomic mass is 79.9. The Morgan fingerprint density at radius 3 is 2.65 bits per heavy atom. The number of tetrazole rings is 1. The summed E-state index contributed by atoms with van der Waals surface area (Å²) in [6, 6.07) is 17.7. The fraction of sp³-hybridized carbons (Fsp3) is 0.214. The van der Waals surface area contributed by atoms with Gasteiger partial charge < -0.3 is 24.8 Å². The Balaban J connectivity index is 1.53. The molecule has 1 aromatic heterocycles. The molecule has 0 spiro atoms. The first-order valence-corrected chi connectivity index (χ1v) is 13.6. The molecule has 206 valence electrons. The Morgan fingerprint density at radius 2 is 1.90 bits per heavy atom. The molecule has 1 unspecified atom stereocenters. The Bertz CT molecular complexity index is 1570. The van der Waals surface area contributed by atoms with E-state index in [2.05, 4.69) is 42.1 Å². The van der Waals surface area contributed by atoms with Crippen molar-refractivity contribution in [3.05, 3.63) is 92.6 Å². The van der Waals surface area contributed by atoms with E-state index < -0.39 is 6.04 Å². The number of carbonyl (C=O) groups excluding carboxylic acids is 1. The Morgan fingerprint density at radius 1 is 1.12 bits per heavy atom. The number of amides is 1. The van der Waals surface area contributed by atoms with Crippen LogP contribution in [0.2, 0.25) is 5.02 Å². The van der Waals surface area contributed by atoms with Gasteiger partial charge in [0.25, 0.3) is 5.91 Å². The Kier molecular flexibility index (Phi) is 8.22. The highest BCUT2D eigenvalue weighted by molar-refractivity contribution is 9.10. The summed E-state index contributed by atoms with van der Waals surface area (Å²) >= 11 is 9.68. The average Bonchev–Trinajstić information content (AvgIpc) is 3.41. The number of para-hydroxylation sites is 2. The predicted molar refractivity (Wildman–Crippen MR) is 155 cm³/mol. The van der Waals surface area contributed by atoms with Gasteiger partial charge in [0, 0.05) is 10.7 Å². The van der Waals surface area contributed by atoms with Crippen LogP contribution < -0.4 is 24.8 Å². The zero-order valence-electron chi connectivity index (χ0n) is 21.9. The van der Waals surface area contributed by atoms with E-state index in [9.17, 15) is 4.79 Å². The molecular weight excluding hydrogens is 600 g/mol. The number of allylic oxidation sites excluding steroid dienone is 1. The number of ether oxygens (including phenoxy) is 3. The maximum atomic E-state index is 13.8. The van der Waals surface area contributed by atoms with Crippen LogP contribution >= 0.6 is 27.5 Å². The number of rotatable bonds is 9. The van der Waals surface area contributed by atoms with Gasteiger partial charge in [-0.15, -0.1) is 0 Å². The minimum Gasteiger partial charge on any atom is -0.495 e. The van der Waals surface area contributed by atoms with Crippen molar-refractivity contribution in [3.63, 3.8) is 0 Å². The molecule has 1 amide bonds. The largest absolute Gasteiger partial charge is 0.495 e. The second-order valence-corrected chi connectivity index (χ2v) is 10.1. The number of halogens is 2. The van der Waals surface area contributed by atoms with Gasteiger partial charge in [0.1, 0.15) is 18.4 Å². The maximum Gasteiger partial charge on any atom is 0.255 e. The molecule has 0 radical (unpaired) electrons. The molecule has 2 N–H and O–H groups in total. The van der Waals surface area contributed by atoms with Crippen molar-refractivity contribution in [2.24, 2.45) is 0 Å². The third-order valence-electron chi connectivity index (χ3n) is 6.26. The van der Waals surface area contributed by atoms with E-state index in [1.165, 1.54) is 0 Å². The second-order valence-electron chi connectivity index (χ2n) is 8.85. The van der Waals surface area contributed by atoms with Crippen molar-refractivity contribution in [1.29, 1.82) is 0 Å². The molecule has 40 heavy (non-hydrogen) atoms. The molecule has 1 aliphatic heterocycles. The summed E-state index contributed by atoms with van der Waals surface area (Å²) < 4.78 is 19.8. The molecule has 0 fully saturated rings. The van der Waals surface area contributed by atoms with Crippen LogP contribution in [0.4, 0.5) is 11.6 Å². The third kappa shape index (κ3) is 5.61. The first kappa shape index (κ1) is 27.5. The van der Waals surface area contributed by atoms with Crippen molar-refractivity contribution < 1.29 is 19.0 Å². The number of aromatic nitrogens is 4. The summed E-state index contributed by atoms with van der Waals surface area (Å²) in [4.78, 5) is 13.8. The van der Waals surface area contributed by atoms with Crippen LogP contribution in [0.3, 0.4) is 0 Å². The van der Waals surface area contributed by atoms with Gasteiger partial charge >= 0.3 is 0 Å². The minimum atomic E-state index is -0.665. The van der Waals surface area contributed by atoms with Crippen molar-refractivity contribution in [2.45, 2.75) is 26.5 Å². The van der Waals surface area contributed by atoms with Gasteiger partial charge in [0.2, 0.25) is 5.95 Å². The molecule has 0 bridgehead atoms. The molecule has 2 heterocycles. The summed E-state index contributed by atoms with van der Waals surface area (Å²) in [6.45, 7) is 4.42. The van der Waals surface area contributed by atoms with Crippen molar-refractivity contribution in [2.75, 3.05) is 24.4 Å². The third-order valence-corrected chi connectivity index (χ3v) is 7.10. The lowest BCUT2D eigenvalue weighted by molar-refractivity contribution is -0.113. The standard InChI is InChI=1S/C28H26BrClN6O4/c1-4-39-23-14-18(13-20(29)26(23)40-15-17-9-11-19(30)12-10-17)25-24(16(2)31-28-33-34-35-36(25)28)27(37)32-21-7-5-6-8-22(21)38-3/h5-14,25H,4,15H2,1-3H3,(H,32,37)(H,31,33,35). The van der Waals surface area contributed by atoms with Crippen LogP contribution in [-0.4, -0.2) is 39.8 Å². The zero-order valence-corrected chi connectivity index (χ0v) is 24.3. The van der Waals surface area contributed by atoms with Crippen LogP contribution in [0, 0.1) is 0 Å². The van der Waals surface area contributed by atoms with Gasteiger partial charge in [-0.25, -0.2) is 0 Å². The number of methoxy groups -OCH3 is 1. The minimum absolute atomic E-state index is 0.311. The summed E-state index contributed by atoms with van der Waals surface area (Å²) in [7, 11) is 1.55. The van der Waals surface area contributed by atoms with Crippen molar-refractivity contribution in [3.8, 4) is 17.2 Å². The van der Waals surface area contributed by atoms with Gasteiger partial charge in [-0.2, -0.15) is 4.68 Å². The van der Waals surface area contributed by atoms with Crippen LogP contribution in [0.5, 0.6) is 17.2 Å². The lowest BCUT2D eigenvalue weighted by atomic mass is 9.94. The lowest BCUT2D eigenvalue weighted by Gasteiger charge is -2.29. The molecule has 12 heteroatoms. The van der Waals surface area contributed by atoms with Crippen LogP contribution in [-0.2, 0) is 11.4 Å². The number of fused-ring (bicyclic) bond motifs is 1. The smallest absolute Gasteiger partial charge is 0.255 e. The number of benzene rings is 3. The maximum absolute atomic E-state index is 13.8. The number of hydrogen-bond acceptors (Lipinski definition) is 8. The van der Waals surface area contributed by atoms with Gasteiger partial charge in [0.05, 0.1) is 29.4 Å². The molecule has 0 saturated carbocycles. The fourth-order valence-electron chi connectivity index (χ4n) is 4.44. The fourth-order valence-corrected chi connectivity index (χ4v) is 5.14. The molecule has 1 atom stereocenters. The van der Waals surface area contributed by atoms with E-state index in [0.29, 0.717) is 68.4 Å². The van der Waals surface area contributed by atoms with Crippen LogP contribution in [0.15, 0.2) is 76.4 Å². The highest BCUT2D eigenvalue weighted by Gasteiger charge is 2.35. The molecule has 1 aliphatic rings. The number of carbonyl (C=O) groups is 1. The van der Waals surface area contributed by atoms with Crippen LogP contribution in [0.25, 0.3) is 0 Å². The SMILES string of the molecule is CCOc1cc(C2C(C(=O)Nc3ccccc3OC)=C(C)Nc3nnnn32)cc(Br)c1OCc1ccc(Cl)cc1. The van der Waals surface area contributed by atoms with E-state index in [1.807, 2.05) is 62.4 Å². The quantitative estimate of drug-likeness (QED) is 0.233. The molecule has 4 aromatic rings. The number of nitrogens with zero attached hydrogens (tertiary/aromatic N) is 4. The first-order chi connectivity index (χ1) is 19.4. The Labute approximate surface area is 244 Å². The summed E-state index contributed by atoms with van der Waals surface area (Å²) in [6.07, 6.45) is 0. The first-order valence-electron chi connectivity index (χ1n) is 12.4. The second kappa shape index (κ2) is 12.0. The van der Waals surface area contributed by atoms with Crippen molar-refractivity contribution >= 4 is 45.1 Å². The van der Waals surface area contributed by atoms with Gasteiger partial charge in [0.15, 0.2) is 11.5 Å². The predicted octanol–water partition coefficient (Wildman–Crippen LogP) is 6.00. The van der Waals surface area contributed by atoms with Crippen LogP contribution in [0.1, 0.15) is 31.0 Å². The Hall–Kier alpha value is -4.09. The van der Waals surface area contributed by atoms with E-state index in [1.54, 1.807) is 23.9 Å². The number of nitrogens with one attached hydrogen (secondary N) is 2. The summed E-state index contributed by atoms with van der Waals surface area (Å²) in [5, 5.41) is 18.9. The molecular formula is C28H26BrClN6O4. The molecule has 0 aliphatic carbocycles. The van der Waals surface area contributed by atoms with E-state index in [-0.39, 0.29) is 5.91 Å². The van der Waals surface area contributed by atoms with E-state index in [0.717, 1.165) is 5.56 Å².